The van der Waals surface area contributed by atoms with Crippen molar-refractivity contribution in [1.82, 2.24) is 20.2 Å². The third-order valence-corrected chi connectivity index (χ3v) is 4.86. The molecule has 0 spiro atoms. The maximum Gasteiger partial charge on any atom is 0.125 e. The van der Waals surface area contributed by atoms with Crippen molar-refractivity contribution in [2.24, 2.45) is 0 Å². The fourth-order valence-electron chi connectivity index (χ4n) is 2.17. The van der Waals surface area contributed by atoms with Crippen LogP contribution in [0.2, 0.25) is 0 Å². The number of nitrogens with zero attached hydrogens (tertiary/aromatic N) is 2. The monoisotopic (exact) mass is 326 g/mol. The molecule has 1 saturated heterocycles. The highest BCUT2D eigenvalue weighted by molar-refractivity contribution is 9.10. The van der Waals surface area contributed by atoms with Gasteiger partial charge in [0.2, 0.25) is 0 Å². The number of rotatable bonds is 2. The molecule has 0 aliphatic carbocycles. The molecular weight excluding hydrogens is 312 g/mol. The summed E-state index contributed by atoms with van der Waals surface area (Å²) in [5.41, 5.74) is 1.09. The van der Waals surface area contributed by atoms with Crippen LogP contribution in [0.3, 0.4) is 0 Å². The van der Waals surface area contributed by atoms with Crippen LogP contribution in [-0.2, 0) is 0 Å². The molecule has 1 aliphatic heterocycles. The highest BCUT2D eigenvalue weighted by atomic mass is 79.9. The van der Waals surface area contributed by atoms with E-state index in [1.165, 1.54) is 4.88 Å². The van der Waals surface area contributed by atoms with Crippen LogP contribution in [0.25, 0.3) is 10.6 Å². The van der Waals surface area contributed by atoms with Crippen molar-refractivity contribution in [2.75, 3.05) is 26.7 Å². The molecule has 0 aromatic carbocycles. The zero-order valence-corrected chi connectivity index (χ0v) is 12.5. The van der Waals surface area contributed by atoms with Crippen LogP contribution in [-0.4, -0.2) is 41.5 Å². The molecule has 2 N–H and O–H groups in total. The topological polar surface area (TPSA) is 44.0 Å². The lowest BCUT2D eigenvalue weighted by Crippen LogP contribution is -2.44. The Balaban J connectivity index is 1.80. The van der Waals surface area contributed by atoms with E-state index in [9.17, 15) is 0 Å². The molecule has 1 aliphatic rings. The molecule has 18 heavy (non-hydrogen) atoms. The average Bonchev–Trinajstić information content (AvgIpc) is 2.97. The van der Waals surface area contributed by atoms with E-state index in [0.29, 0.717) is 6.04 Å². The smallest absolute Gasteiger partial charge is 0.125 e. The van der Waals surface area contributed by atoms with E-state index in [0.717, 1.165) is 35.6 Å². The number of aromatic amines is 1. The van der Waals surface area contributed by atoms with E-state index in [4.69, 9.17) is 0 Å². The molecular formula is C12H15BrN4S. The second kappa shape index (κ2) is 5.13. The molecule has 0 amide bonds. The lowest BCUT2D eigenvalue weighted by molar-refractivity contribution is 0.236. The minimum absolute atomic E-state index is 0.306. The number of hydrogen-bond donors (Lipinski definition) is 2. The van der Waals surface area contributed by atoms with Gasteiger partial charge in [-0.2, -0.15) is 0 Å². The summed E-state index contributed by atoms with van der Waals surface area (Å²) in [5, 5.41) is 5.58. The lowest BCUT2D eigenvalue weighted by atomic mass is 10.2. The second-order valence-corrected chi connectivity index (χ2v) is 6.41. The van der Waals surface area contributed by atoms with Crippen LogP contribution >= 0.6 is 27.3 Å². The van der Waals surface area contributed by atoms with Crippen molar-refractivity contribution in [3.05, 3.63) is 27.9 Å². The van der Waals surface area contributed by atoms with Gasteiger partial charge in [0.05, 0.1) is 22.8 Å². The molecule has 6 heteroatoms. The number of hydrogen-bond acceptors (Lipinski definition) is 4. The Labute approximate surface area is 119 Å². The highest BCUT2D eigenvalue weighted by Crippen LogP contribution is 2.29. The zero-order valence-electron chi connectivity index (χ0n) is 10.1. The molecule has 0 bridgehead atoms. The van der Waals surface area contributed by atoms with E-state index < -0.39 is 0 Å². The Bertz CT molecular complexity index is 536. The highest BCUT2D eigenvalue weighted by Gasteiger charge is 2.20. The van der Waals surface area contributed by atoms with Crippen molar-refractivity contribution in [3.8, 4) is 10.6 Å². The molecule has 1 fully saturated rings. The third kappa shape index (κ3) is 2.51. The Morgan fingerprint density at radius 3 is 3.17 bits per heavy atom. The van der Waals surface area contributed by atoms with Gasteiger partial charge in [-0.1, -0.05) is 0 Å². The van der Waals surface area contributed by atoms with Crippen LogP contribution in [0.1, 0.15) is 11.9 Å². The molecule has 1 atom stereocenters. The van der Waals surface area contributed by atoms with Gasteiger partial charge in [0.25, 0.3) is 0 Å². The number of aromatic nitrogens is 2. The van der Waals surface area contributed by atoms with Crippen molar-refractivity contribution >= 4 is 27.3 Å². The van der Waals surface area contributed by atoms with Gasteiger partial charge >= 0.3 is 0 Å². The Kier molecular flexibility index (Phi) is 3.52. The van der Waals surface area contributed by atoms with Gasteiger partial charge in [0, 0.05) is 29.5 Å². The van der Waals surface area contributed by atoms with E-state index in [1.807, 2.05) is 6.20 Å². The minimum atomic E-state index is 0.306. The van der Waals surface area contributed by atoms with Gasteiger partial charge < -0.3 is 15.2 Å². The molecule has 2 aromatic heterocycles. The number of nitrogens with one attached hydrogen (secondary N) is 2. The fourth-order valence-corrected chi connectivity index (χ4v) is 3.57. The van der Waals surface area contributed by atoms with Gasteiger partial charge in [-0.3, -0.25) is 0 Å². The van der Waals surface area contributed by atoms with Crippen LogP contribution in [0.5, 0.6) is 0 Å². The first-order valence-electron chi connectivity index (χ1n) is 5.93. The number of H-pyrrole nitrogens is 1. The van der Waals surface area contributed by atoms with Gasteiger partial charge in [-0.05, 0) is 29.0 Å². The molecule has 3 rings (SSSR count). The molecule has 2 aromatic rings. The van der Waals surface area contributed by atoms with E-state index in [-0.39, 0.29) is 0 Å². The first-order chi connectivity index (χ1) is 8.72. The number of halogens is 1. The van der Waals surface area contributed by atoms with Crippen LogP contribution in [0.4, 0.5) is 0 Å². The maximum absolute atomic E-state index is 4.51. The van der Waals surface area contributed by atoms with Crippen molar-refractivity contribution in [1.29, 1.82) is 0 Å². The zero-order chi connectivity index (χ0) is 12.5. The van der Waals surface area contributed by atoms with Gasteiger partial charge in [0.1, 0.15) is 5.82 Å². The summed E-state index contributed by atoms with van der Waals surface area (Å²) in [6.07, 6.45) is 1.92. The molecule has 0 saturated carbocycles. The quantitative estimate of drug-likeness (QED) is 0.891. The van der Waals surface area contributed by atoms with Crippen molar-refractivity contribution in [2.45, 2.75) is 6.04 Å². The van der Waals surface area contributed by atoms with Crippen LogP contribution in [0, 0.1) is 0 Å². The molecule has 4 nitrogen and oxygen atoms in total. The number of imidazole rings is 1. The molecule has 0 radical (unpaired) electrons. The average molecular weight is 327 g/mol. The number of piperazine rings is 1. The second-order valence-electron chi connectivity index (χ2n) is 4.58. The number of likely N-dealkylation sites (N-methyl/N-ethyl adjacent to an activating group) is 1. The summed E-state index contributed by atoms with van der Waals surface area (Å²) < 4.78 is 1.12. The summed E-state index contributed by atoms with van der Waals surface area (Å²) in [6.45, 7) is 3.12. The predicted molar refractivity (Wildman–Crippen MR) is 77.8 cm³/mol. The Hall–Kier alpha value is -0.690. The van der Waals surface area contributed by atoms with E-state index in [2.05, 4.69) is 54.6 Å². The van der Waals surface area contributed by atoms with Crippen molar-refractivity contribution in [3.63, 3.8) is 0 Å². The summed E-state index contributed by atoms with van der Waals surface area (Å²) >= 11 is 5.19. The minimum Gasteiger partial charge on any atom is -0.340 e. The van der Waals surface area contributed by atoms with Crippen molar-refractivity contribution < 1.29 is 0 Å². The third-order valence-electron chi connectivity index (χ3n) is 3.14. The van der Waals surface area contributed by atoms with Crippen LogP contribution < -0.4 is 5.32 Å². The SMILES string of the molecule is CN1CCNC(c2ncc(-c3cc(Br)cs3)[nH]2)C1. The number of thiophene rings is 1. The van der Waals surface area contributed by atoms with Gasteiger partial charge in [0.15, 0.2) is 0 Å². The normalized spacial score (nSPS) is 21.3. The van der Waals surface area contributed by atoms with Gasteiger partial charge in [-0.25, -0.2) is 4.98 Å². The summed E-state index contributed by atoms with van der Waals surface area (Å²) in [6, 6.07) is 2.42. The van der Waals surface area contributed by atoms with Crippen LogP contribution in [0.15, 0.2) is 22.1 Å². The first-order valence-corrected chi connectivity index (χ1v) is 7.61. The summed E-state index contributed by atoms with van der Waals surface area (Å²) in [5.74, 6) is 1.03. The Morgan fingerprint density at radius 2 is 2.44 bits per heavy atom. The standard InChI is InChI=1S/C12H15BrN4S/c1-17-3-2-14-10(6-17)12-15-5-9(16-12)11-4-8(13)7-18-11/h4-5,7,10,14H,2-3,6H2,1H3,(H,15,16). The molecule has 96 valence electrons. The van der Waals surface area contributed by atoms with E-state index in [1.54, 1.807) is 11.3 Å². The predicted octanol–water partition coefficient (Wildman–Crippen LogP) is 2.48. The first kappa shape index (κ1) is 12.3. The summed E-state index contributed by atoms with van der Waals surface area (Å²) in [4.78, 5) is 11.5. The fraction of sp³-hybridized carbons (Fsp3) is 0.417. The largest absolute Gasteiger partial charge is 0.340 e. The molecule has 1 unspecified atom stereocenters. The summed E-state index contributed by atoms with van der Waals surface area (Å²) in [7, 11) is 2.15. The molecule has 3 heterocycles. The Morgan fingerprint density at radius 1 is 1.56 bits per heavy atom. The lowest BCUT2D eigenvalue weighted by Gasteiger charge is -2.29. The van der Waals surface area contributed by atoms with Gasteiger partial charge in [-0.15, -0.1) is 11.3 Å². The van der Waals surface area contributed by atoms with E-state index >= 15 is 0 Å². The maximum atomic E-state index is 4.51.